The number of morpholine rings is 1. The van der Waals surface area contributed by atoms with Gasteiger partial charge in [0.05, 0.1) is 13.2 Å². The summed E-state index contributed by atoms with van der Waals surface area (Å²) >= 11 is 0. The monoisotopic (exact) mass is 304 g/mol. The minimum Gasteiger partial charge on any atom is -0.406 e. The maximum absolute atomic E-state index is 12.2. The molecule has 1 aliphatic rings. The van der Waals surface area contributed by atoms with Gasteiger partial charge >= 0.3 is 6.36 Å². The van der Waals surface area contributed by atoms with Gasteiger partial charge in [0, 0.05) is 30.4 Å². The number of anilines is 1. The minimum atomic E-state index is -4.67. The van der Waals surface area contributed by atoms with Crippen molar-refractivity contribution in [2.45, 2.75) is 31.8 Å². The zero-order valence-electron chi connectivity index (χ0n) is 11.7. The fourth-order valence-electron chi connectivity index (χ4n) is 2.32. The molecule has 7 heteroatoms. The van der Waals surface area contributed by atoms with E-state index < -0.39 is 6.36 Å². The largest absolute Gasteiger partial charge is 0.573 e. The molecule has 2 unspecified atom stereocenters. The summed E-state index contributed by atoms with van der Waals surface area (Å²) in [4.78, 5) is 0. The molecule has 1 aromatic carbocycles. The van der Waals surface area contributed by atoms with E-state index in [4.69, 9.17) is 4.74 Å². The molecular formula is C14H19F3N2O2. The van der Waals surface area contributed by atoms with Crippen LogP contribution in [0.15, 0.2) is 24.3 Å². The summed E-state index contributed by atoms with van der Waals surface area (Å²) in [6.07, 6.45) is -3.85. The van der Waals surface area contributed by atoms with E-state index in [0.717, 1.165) is 19.6 Å². The maximum atomic E-state index is 12.2. The molecule has 4 nitrogen and oxygen atoms in total. The van der Waals surface area contributed by atoms with E-state index in [-0.39, 0.29) is 17.8 Å². The number of rotatable bonds is 5. The molecule has 118 valence electrons. The molecule has 1 fully saturated rings. The van der Waals surface area contributed by atoms with Crippen molar-refractivity contribution in [3.63, 3.8) is 0 Å². The number of halogens is 3. The highest BCUT2D eigenvalue weighted by Crippen LogP contribution is 2.25. The third kappa shape index (κ3) is 5.81. The second-order valence-corrected chi connectivity index (χ2v) is 5.08. The van der Waals surface area contributed by atoms with Gasteiger partial charge in [-0.2, -0.15) is 0 Å². The van der Waals surface area contributed by atoms with Gasteiger partial charge in [-0.15, -0.1) is 13.2 Å². The first-order valence-corrected chi connectivity index (χ1v) is 6.86. The first-order valence-electron chi connectivity index (χ1n) is 6.86. The molecule has 0 bridgehead atoms. The zero-order valence-corrected chi connectivity index (χ0v) is 11.7. The molecule has 1 heterocycles. The summed E-state index contributed by atoms with van der Waals surface area (Å²) in [5, 5.41) is 6.51. The van der Waals surface area contributed by atoms with Crippen LogP contribution in [0.4, 0.5) is 18.9 Å². The summed E-state index contributed by atoms with van der Waals surface area (Å²) in [7, 11) is 0. The second kappa shape index (κ2) is 7.00. The Hall–Kier alpha value is -1.47. The van der Waals surface area contributed by atoms with E-state index in [2.05, 4.69) is 15.4 Å². The highest BCUT2D eigenvalue weighted by atomic mass is 19.4. The van der Waals surface area contributed by atoms with Crippen molar-refractivity contribution >= 4 is 5.69 Å². The molecule has 2 rings (SSSR count). The molecule has 0 aliphatic carbocycles. The lowest BCUT2D eigenvalue weighted by atomic mass is 10.1. The van der Waals surface area contributed by atoms with Crippen LogP contribution >= 0.6 is 0 Å². The predicted molar refractivity (Wildman–Crippen MR) is 73.4 cm³/mol. The molecule has 1 saturated heterocycles. The van der Waals surface area contributed by atoms with Gasteiger partial charge in [0.15, 0.2) is 0 Å². The summed E-state index contributed by atoms with van der Waals surface area (Å²) in [5.74, 6) is -0.223. The SMILES string of the molecule is CC(CC1COCCN1)Nc1cccc(OC(F)(F)F)c1. The normalized spacial score (nSPS) is 20.9. The van der Waals surface area contributed by atoms with E-state index in [1.54, 1.807) is 6.07 Å². The van der Waals surface area contributed by atoms with Gasteiger partial charge in [-0.3, -0.25) is 0 Å². The standard InChI is InChI=1S/C14H19F3N2O2/c1-10(7-12-9-20-6-5-18-12)19-11-3-2-4-13(8-11)21-14(15,16)17/h2-4,8,10,12,18-19H,5-7,9H2,1H3. The third-order valence-corrected chi connectivity index (χ3v) is 3.12. The number of nitrogens with one attached hydrogen (secondary N) is 2. The number of hydrogen-bond acceptors (Lipinski definition) is 4. The van der Waals surface area contributed by atoms with Crippen molar-refractivity contribution in [1.29, 1.82) is 0 Å². The molecule has 1 aliphatic heterocycles. The Labute approximate surface area is 121 Å². The molecule has 0 aromatic heterocycles. The van der Waals surface area contributed by atoms with E-state index in [1.807, 2.05) is 6.92 Å². The molecule has 0 amide bonds. The van der Waals surface area contributed by atoms with Crippen molar-refractivity contribution in [2.75, 3.05) is 25.1 Å². The van der Waals surface area contributed by atoms with Crippen LogP contribution in [-0.4, -0.2) is 38.2 Å². The molecule has 1 aromatic rings. The molecular weight excluding hydrogens is 285 g/mol. The van der Waals surface area contributed by atoms with Crippen LogP contribution in [0.5, 0.6) is 5.75 Å². The van der Waals surface area contributed by atoms with Gasteiger partial charge < -0.3 is 20.1 Å². The Balaban J connectivity index is 1.88. The quantitative estimate of drug-likeness (QED) is 0.878. The van der Waals surface area contributed by atoms with Crippen LogP contribution in [0.2, 0.25) is 0 Å². The van der Waals surface area contributed by atoms with Crippen molar-refractivity contribution < 1.29 is 22.6 Å². The number of alkyl halides is 3. The first-order chi connectivity index (χ1) is 9.92. The van der Waals surface area contributed by atoms with Crippen molar-refractivity contribution in [2.24, 2.45) is 0 Å². The molecule has 0 saturated carbocycles. The fourth-order valence-corrected chi connectivity index (χ4v) is 2.32. The molecule has 21 heavy (non-hydrogen) atoms. The average Bonchev–Trinajstić information content (AvgIpc) is 2.38. The van der Waals surface area contributed by atoms with Crippen molar-refractivity contribution in [1.82, 2.24) is 5.32 Å². The average molecular weight is 304 g/mol. The van der Waals surface area contributed by atoms with Crippen molar-refractivity contribution in [3.05, 3.63) is 24.3 Å². The number of ether oxygens (including phenoxy) is 2. The smallest absolute Gasteiger partial charge is 0.406 e. The van der Waals surface area contributed by atoms with E-state index in [9.17, 15) is 13.2 Å². The van der Waals surface area contributed by atoms with E-state index >= 15 is 0 Å². The van der Waals surface area contributed by atoms with Gasteiger partial charge in [0.2, 0.25) is 0 Å². The summed E-state index contributed by atoms with van der Waals surface area (Å²) in [6.45, 7) is 4.18. The summed E-state index contributed by atoms with van der Waals surface area (Å²) in [6, 6.07) is 6.22. The highest BCUT2D eigenvalue weighted by molar-refractivity contribution is 5.48. The van der Waals surface area contributed by atoms with Crippen LogP contribution in [0.3, 0.4) is 0 Å². The van der Waals surface area contributed by atoms with Crippen LogP contribution in [0, 0.1) is 0 Å². The van der Waals surface area contributed by atoms with Crippen LogP contribution in [0.1, 0.15) is 13.3 Å². The summed E-state index contributed by atoms with van der Waals surface area (Å²) in [5.41, 5.74) is 0.598. The van der Waals surface area contributed by atoms with Crippen LogP contribution < -0.4 is 15.4 Å². The minimum absolute atomic E-state index is 0.102. The van der Waals surface area contributed by atoms with Gasteiger partial charge in [-0.1, -0.05) is 6.07 Å². The van der Waals surface area contributed by atoms with Crippen molar-refractivity contribution in [3.8, 4) is 5.75 Å². The highest BCUT2D eigenvalue weighted by Gasteiger charge is 2.31. The second-order valence-electron chi connectivity index (χ2n) is 5.08. The Bertz CT molecular complexity index is 448. The van der Waals surface area contributed by atoms with E-state index in [1.165, 1.54) is 18.2 Å². The lowest BCUT2D eigenvalue weighted by Crippen LogP contribution is -2.43. The topological polar surface area (TPSA) is 42.5 Å². The predicted octanol–water partition coefficient (Wildman–Crippen LogP) is 2.76. The molecule has 2 N–H and O–H groups in total. The Kier molecular flexibility index (Phi) is 5.30. The van der Waals surface area contributed by atoms with Crippen LogP contribution in [0.25, 0.3) is 0 Å². The number of hydrogen-bond donors (Lipinski definition) is 2. The zero-order chi connectivity index (χ0) is 15.3. The molecule has 2 atom stereocenters. The Morgan fingerprint density at radius 2 is 2.29 bits per heavy atom. The van der Waals surface area contributed by atoms with Gasteiger partial charge in [0.1, 0.15) is 5.75 Å². The molecule has 0 radical (unpaired) electrons. The lowest BCUT2D eigenvalue weighted by molar-refractivity contribution is -0.274. The fraction of sp³-hybridized carbons (Fsp3) is 0.571. The lowest BCUT2D eigenvalue weighted by Gasteiger charge is -2.27. The maximum Gasteiger partial charge on any atom is 0.573 e. The first kappa shape index (κ1) is 15.9. The Morgan fingerprint density at radius 1 is 1.48 bits per heavy atom. The number of benzene rings is 1. The van der Waals surface area contributed by atoms with Crippen LogP contribution in [-0.2, 0) is 4.74 Å². The van der Waals surface area contributed by atoms with Gasteiger partial charge in [-0.25, -0.2) is 0 Å². The van der Waals surface area contributed by atoms with E-state index in [0.29, 0.717) is 12.3 Å². The Morgan fingerprint density at radius 3 is 2.95 bits per heavy atom. The summed E-state index contributed by atoms with van der Waals surface area (Å²) < 4.78 is 45.8. The van der Waals surface area contributed by atoms with Gasteiger partial charge in [0.25, 0.3) is 0 Å². The molecule has 0 spiro atoms. The van der Waals surface area contributed by atoms with Gasteiger partial charge in [-0.05, 0) is 25.5 Å². The third-order valence-electron chi connectivity index (χ3n) is 3.12.